The van der Waals surface area contributed by atoms with E-state index in [-0.39, 0.29) is 5.97 Å². The molecule has 0 spiro atoms. The van der Waals surface area contributed by atoms with Crippen LogP contribution >= 0.6 is 0 Å². The van der Waals surface area contributed by atoms with Crippen molar-refractivity contribution in [3.63, 3.8) is 0 Å². The van der Waals surface area contributed by atoms with Crippen molar-refractivity contribution in [2.45, 2.75) is 32.7 Å². The summed E-state index contributed by atoms with van der Waals surface area (Å²) in [6.45, 7) is 6.85. The predicted octanol–water partition coefficient (Wildman–Crippen LogP) is 0.971. The number of esters is 1. The molecule has 0 radical (unpaired) electrons. The van der Waals surface area contributed by atoms with Gasteiger partial charge in [0.05, 0.1) is 19.8 Å². The first kappa shape index (κ1) is 16.4. The van der Waals surface area contributed by atoms with Gasteiger partial charge in [-0.25, -0.2) is 0 Å². The maximum absolute atomic E-state index is 11.2. The van der Waals surface area contributed by atoms with E-state index in [9.17, 15) is 4.79 Å². The van der Waals surface area contributed by atoms with Crippen molar-refractivity contribution in [1.29, 1.82) is 0 Å². The highest BCUT2D eigenvalue weighted by atomic mass is 16.6. The van der Waals surface area contributed by atoms with Gasteiger partial charge < -0.3 is 19.5 Å². The maximum Gasteiger partial charge on any atom is 0.305 e. The molecule has 0 atom stereocenters. The van der Waals surface area contributed by atoms with Crippen LogP contribution in [0.3, 0.4) is 0 Å². The van der Waals surface area contributed by atoms with E-state index in [1.165, 1.54) is 0 Å². The zero-order valence-corrected chi connectivity index (χ0v) is 11.2. The Bertz CT molecular complexity index is 185. The molecule has 0 aromatic heterocycles. The van der Waals surface area contributed by atoms with Crippen LogP contribution in [-0.4, -0.2) is 52.1 Å². The summed E-state index contributed by atoms with van der Waals surface area (Å²) in [7, 11) is 1.62. The molecule has 0 aliphatic carbocycles. The summed E-state index contributed by atoms with van der Waals surface area (Å²) in [5, 5.41) is 3.24. The quantitative estimate of drug-likeness (QED) is 0.435. The Hall–Kier alpha value is -0.650. The number of rotatable bonds is 11. The van der Waals surface area contributed by atoms with Gasteiger partial charge in [0.15, 0.2) is 0 Å². The van der Waals surface area contributed by atoms with Crippen molar-refractivity contribution in [3.8, 4) is 0 Å². The lowest BCUT2D eigenvalue weighted by Crippen LogP contribution is -2.24. The Morgan fingerprint density at radius 3 is 2.53 bits per heavy atom. The van der Waals surface area contributed by atoms with Gasteiger partial charge in [0.2, 0.25) is 0 Å². The van der Waals surface area contributed by atoms with Gasteiger partial charge >= 0.3 is 5.97 Å². The average molecular weight is 247 g/mol. The summed E-state index contributed by atoms with van der Waals surface area (Å²) >= 11 is 0. The number of nitrogens with one attached hydrogen (secondary N) is 1. The first-order chi connectivity index (χ1) is 8.16. The van der Waals surface area contributed by atoms with Crippen LogP contribution in [0.15, 0.2) is 0 Å². The highest BCUT2D eigenvalue weighted by Gasteiger charge is 2.02. The van der Waals surface area contributed by atoms with Gasteiger partial charge in [-0.05, 0) is 13.0 Å². The molecular weight excluding hydrogens is 222 g/mol. The third kappa shape index (κ3) is 13.3. The van der Waals surface area contributed by atoms with Gasteiger partial charge in [0.25, 0.3) is 0 Å². The minimum Gasteiger partial charge on any atom is -0.463 e. The fraction of sp³-hybridized carbons (Fsp3) is 0.917. The van der Waals surface area contributed by atoms with Crippen LogP contribution in [0.25, 0.3) is 0 Å². The Balaban J connectivity index is 3.18. The summed E-state index contributed by atoms with van der Waals surface area (Å²) in [6.07, 6.45) is 1.26. The molecule has 5 nitrogen and oxygen atoms in total. The average Bonchev–Trinajstić information content (AvgIpc) is 2.29. The number of ether oxygens (including phenoxy) is 3. The summed E-state index contributed by atoms with van der Waals surface area (Å²) in [5.74, 6) is -0.161. The fourth-order valence-corrected chi connectivity index (χ4v) is 1.15. The second-order valence-electron chi connectivity index (χ2n) is 4.04. The van der Waals surface area contributed by atoms with E-state index < -0.39 is 0 Å². The van der Waals surface area contributed by atoms with E-state index in [0.717, 1.165) is 13.0 Å². The molecule has 0 fully saturated rings. The van der Waals surface area contributed by atoms with Crippen LogP contribution in [-0.2, 0) is 19.0 Å². The van der Waals surface area contributed by atoms with Gasteiger partial charge in [-0.2, -0.15) is 0 Å². The molecule has 0 amide bonds. The smallest absolute Gasteiger partial charge is 0.305 e. The number of carbonyl (C=O) groups is 1. The molecule has 5 heteroatoms. The van der Waals surface area contributed by atoms with Gasteiger partial charge in [-0.15, -0.1) is 0 Å². The highest BCUT2D eigenvalue weighted by molar-refractivity contribution is 5.69. The lowest BCUT2D eigenvalue weighted by Gasteiger charge is -2.08. The van der Waals surface area contributed by atoms with Crippen LogP contribution in [0, 0.1) is 0 Å². The van der Waals surface area contributed by atoms with Gasteiger partial charge in [0.1, 0.15) is 6.61 Å². The Morgan fingerprint density at radius 2 is 1.88 bits per heavy atom. The zero-order chi connectivity index (χ0) is 12.9. The van der Waals surface area contributed by atoms with E-state index in [1.807, 2.05) is 0 Å². The molecular formula is C12H25NO4. The fourth-order valence-electron chi connectivity index (χ4n) is 1.15. The molecule has 0 aliphatic rings. The summed E-state index contributed by atoms with van der Waals surface area (Å²) in [4.78, 5) is 11.2. The molecule has 0 aromatic rings. The van der Waals surface area contributed by atoms with E-state index in [2.05, 4.69) is 19.2 Å². The minimum absolute atomic E-state index is 0.161. The second kappa shape index (κ2) is 11.8. The van der Waals surface area contributed by atoms with Gasteiger partial charge in [-0.3, -0.25) is 4.79 Å². The molecule has 0 aliphatic heterocycles. The van der Waals surface area contributed by atoms with Gasteiger partial charge in [0, 0.05) is 19.6 Å². The van der Waals surface area contributed by atoms with E-state index in [0.29, 0.717) is 38.9 Å². The number of hydrogen-bond acceptors (Lipinski definition) is 5. The van der Waals surface area contributed by atoms with Crippen molar-refractivity contribution in [2.24, 2.45) is 0 Å². The first-order valence-electron chi connectivity index (χ1n) is 6.12. The number of carbonyl (C=O) groups excluding carboxylic acids is 1. The molecule has 0 bridgehead atoms. The Morgan fingerprint density at radius 1 is 1.18 bits per heavy atom. The van der Waals surface area contributed by atoms with Gasteiger partial charge in [-0.1, -0.05) is 13.8 Å². The van der Waals surface area contributed by atoms with Crippen LogP contribution in [0.2, 0.25) is 0 Å². The molecule has 102 valence electrons. The minimum atomic E-state index is -0.161. The lowest BCUT2D eigenvalue weighted by atomic mass is 10.3. The molecule has 0 saturated carbocycles. The summed E-state index contributed by atoms with van der Waals surface area (Å²) in [5.41, 5.74) is 0. The normalized spacial score (nSPS) is 10.8. The first-order valence-corrected chi connectivity index (χ1v) is 6.12. The van der Waals surface area contributed by atoms with Crippen molar-refractivity contribution in [3.05, 3.63) is 0 Å². The SMILES string of the molecule is COCCOCCOC(=O)CCCNC(C)C. The Labute approximate surface area is 104 Å². The van der Waals surface area contributed by atoms with Crippen molar-refractivity contribution >= 4 is 5.97 Å². The second-order valence-corrected chi connectivity index (χ2v) is 4.04. The summed E-state index contributed by atoms with van der Waals surface area (Å²) < 4.78 is 15.0. The van der Waals surface area contributed by atoms with Crippen molar-refractivity contribution in [1.82, 2.24) is 5.32 Å². The standard InChI is InChI=1S/C12H25NO4/c1-11(2)13-6-4-5-12(14)17-10-9-16-8-7-15-3/h11,13H,4-10H2,1-3H3. The number of methoxy groups -OCH3 is 1. The van der Waals surface area contributed by atoms with Crippen LogP contribution in [0.1, 0.15) is 26.7 Å². The third-order valence-corrected chi connectivity index (χ3v) is 2.03. The van der Waals surface area contributed by atoms with E-state index in [4.69, 9.17) is 14.2 Å². The number of hydrogen-bond donors (Lipinski definition) is 1. The molecule has 17 heavy (non-hydrogen) atoms. The van der Waals surface area contributed by atoms with E-state index in [1.54, 1.807) is 7.11 Å². The molecule has 0 rings (SSSR count). The Kier molecular flexibility index (Phi) is 11.4. The van der Waals surface area contributed by atoms with Crippen LogP contribution in [0.4, 0.5) is 0 Å². The molecule has 0 aromatic carbocycles. The summed E-state index contributed by atoms with van der Waals surface area (Å²) in [6, 6.07) is 0.459. The van der Waals surface area contributed by atoms with Crippen molar-refractivity contribution in [2.75, 3.05) is 40.1 Å². The molecule has 1 N–H and O–H groups in total. The zero-order valence-electron chi connectivity index (χ0n) is 11.2. The topological polar surface area (TPSA) is 56.8 Å². The largest absolute Gasteiger partial charge is 0.463 e. The van der Waals surface area contributed by atoms with Crippen molar-refractivity contribution < 1.29 is 19.0 Å². The highest BCUT2D eigenvalue weighted by Crippen LogP contribution is 1.92. The third-order valence-electron chi connectivity index (χ3n) is 2.03. The maximum atomic E-state index is 11.2. The molecule has 0 unspecified atom stereocenters. The predicted molar refractivity (Wildman–Crippen MR) is 66.0 cm³/mol. The van der Waals surface area contributed by atoms with Crippen LogP contribution in [0.5, 0.6) is 0 Å². The monoisotopic (exact) mass is 247 g/mol. The van der Waals surface area contributed by atoms with Crippen LogP contribution < -0.4 is 5.32 Å². The molecule has 0 heterocycles. The van der Waals surface area contributed by atoms with E-state index >= 15 is 0 Å². The lowest BCUT2D eigenvalue weighted by molar-refractivity contribution is -0.145. The molecule has 0 saturated heterocycles.